The third-order valence-electron chi connectivity index (χ3n) is 4.96. The van der Waals surface area contributed by atoms with Gasteiger partial charge in [0.25, 0.3) is 0 Å². The first-order chi connectivity index (χ1) is 11.0. The molecule has 0 aromatic heterocycles. The third-order valence-corrected chi connectivity index (χ3v) is 6.80. The van der Waals surface area contributed by atoms with Crippen LogP contribution in [0.25, 0.3) is 0 Å². The monoisotopic (exact) mass is 340 g/mol. The van der Waals surface area contributed by atoms with E-state index in [2.05, 4.69) is 5.32 Å². The van der Waals surface area contributed by atoms with E-state index in [1.54, 1.807) is 16.4 Å². The van der Waals surface area contributed by atoms with Crippen LogP contribution in [-0.2, 0) is 10.0 Å². The molecule has 0 amide bonds. The molecule has 1 aromatic carbocycles. The van der Waals surface area contributed by atoms with Gasteiger partial charge >= 0.3 is 0 Å². The zero-order valence-electron chi connectivity index (χ0n) is 13.7. The van der Waals surface area contributed by atoms with Crippen molar-refractivity contribution in [3.8, 4) is 11.5 Å². The Balaban J connectivity index is 1.84. The van der Waals surface area contributed by atoms with Crippen molar-refractivity contribution in [1.29, 1.82) is 0 Å². The molecule has 7 heteroatoms. The lowest BCUT2D eigenvalue weighted by atomic mass is 9.80. The molecule has 128 valence electrons. The van der Waals surface area contributed by atoms with Crippen molar-refractivity contribution in [2.75, 3.05) is 40.4 Å². The maximum Gasteiger partial charge on any atom is 0.243 e. The van der Waals surface area contributed by atoms with Gasteiger partial charge in [0.2, 0.25) is 10.0 Å². The summed E-state index contributed by atoms with van der Waals surface area (Å²) < 4.78 is 37.9. The SMILES string of the molecule is COc1ccc(S(=O)(=O)N2CCC3(CCCNC3)C2)cc1OC. The van der Waals surface area contributed by atoms with E-state index in [1.165, 1.54) is 20.3 Å². The molecular formula is C16H24N2O4S. The number of nitrogens with one attached hydrogen (secondary N) is 1. The fraction of sp³-hybridized carbons (Fsp3) is 0.625. The zero-order chi connectivity index (χ0) is 16.5. The number of hydrogen-bond acceptors (Lipinski definition) is 5. The summed E-state index contributed by atoms with van der Waals surface area (Å²) in [6.45, 7) is 3.12. The summed E-state index contributed by atoms with van der Waals surface area (Å²) in [5, 5.41) is 3.40. The highest BCUT2D eigenvalue weighted by atomic mass is 32.2. The van der Waals surface area contributed by atoms with Gasteiger partial charge in [0, 0.05) is 25.7 Å². The molecule has 1 atom stereocenters. The average molecular weight is 340 g/mol. The van der Waals surface area contributed by atoms with E-state index in [-0.39, 0.29) is 10.3 Å². The first-order valence-corrected chi connectivity index (χ1v) is 9.38. The van der Waals surface area contributed by atoms with E-state index >= 15 is 0 Å². The highest BCUT2D eigenvalue weighted by molar-refractivity contribution is 7.89. The maximum absolute atomic E-state index is 12.9. The van der Waals surface area contributed by atoms with Gasteiger partial charge in [-0.25, -0.2) is 8.42 Å². The number of rotatable bonds is 4. The number of piperidine rings is 1. The summed E-state index contributed by atoms with van der Waals surface area (Å²) in [6.07, 6.45) is 3.13. The molecular weight excluding hydrogens is 316 g/mol. The lowest BCUT2D eigenvalue weighted by Crippen LogP contribution is -2.42. The Labute approximate surface area is 137 Å². The second-order valence-corrected chi connectivity index (χ2v) is 8.32. The Hall–Kier alpha value is -1.31. The molecule has 1 spiro atoms. The van der Waals surface area contributed by atoms with E-state index in [0.29, 0.717) is 24.6 Å². The van der Waals surface area contributed by atoms with Crippen molar-refractivity contribution in [3.05, 3.63) is 18.2 Å². The Bertz CT molecular complexity index is 669. The minimum absolute atomic E-state index is 0.0991. The summed E-state index contributed by atoms with van der Waals surface area (Å²) in [7, 11) is -0.461. The second-order valence-electron chi connectivity index (χ2n) is 6.39. The summed E-state index contributed by atoms with van der Waals surface area (Å²) in [6, 6.07) is 4.76. The molecule has 2 aliphatic heterocycles. The highest BCUT2D eigenvalue weighted by Gasteiger charge is 2.43. The third kappa shape index (κ3) is 3.05. The molecule has 0 saturated carbocycles. The lowest BCUT2D eigenvalue weighted by Gasteiger charge is -2.33. The van der Waals surface area contributed by atoms with Gasteiger partial charge in [-0.2, -0.15) is 4.31 Å². The van der Waals surface area contributed by atoms with Gasteiger partial charge in [-0.05, 0) is 43.4 Å². The van der Waals surface area contributed by atoms with E-state index in [0.717, 1.165) is 32.4 Å². The van der Waals surface area contributed by atoms with Gasteiger partial charge in [-0.15, -0.1) is 0 Å². The molecule has 2 fully saturated rings. The normalized spacial score (nSPS) is 25.7. The number of nitrogens with zero attached hydrogens (tertiary/aromatic N) is 1. The highest BCUT2D eigenvalue weighted by Crippen LogP contribution is 2.39. The number of benzene rings is 1. The van der Waals surface area contributed by atoms with Crippen molar-refractivity contribution in [2.45, 2.75) is 24.2 Å². The van der Waals surface area contributed by atoms with Gasteiger partial charge in [0.1, 0.15) is 0 Å². The minimum Gasteiger partial charge on any atom is -0.493 e. The molecule has 1 aromatic rings. The molecule has 2 saturated heterocycles. The Morgan fingerprint density at radius 3 is 2.61 bits per heavy atom. The fourth-order valence-electron chi connectivity index (χ4n) is 3.60. The van der Waals surface area contributed by atoms with Gasteiger partial charge in [-0.1, -0.05) is 0 Å². The number of ether oxygens (including phenoxy) is 2. The van der Waals surface area contributed by atoms with Crippen LogP contribution >= 0.6 is 0 Å². The van der Waals surface area contributed by atoms with Crippen LogP contribution in [0.4, 0.5) is 0 Å². The van der Waals surface area contributed by atoms with Crippen LogP contribution in [0, 0.1) is 5.41 Å². The Kier molecular flexibility index (Phi) is 4.53. The Morgan fingerprint density at radius 1 is 1.17 bits per heavy atom. The maximum atomic E-state index is 12.9. The van der Waals surface area contributed by atoms with Crippen molar-refractivity contribution < 1.29 is 17.9 Å². The minimum atomic E-state index is -3.50. The van der Waals surface area contributed by atoms with Gasteiger partial charge in [-0.3, -0.25) is 0 Å². The van der Waals surface area contributed by atoms with Crippen molar-refractivity contribution in [1.82, 2.24) is 9.62 Å². The number of hydrogen-bond donors (Lipinski definition) is 1. The summed E-state index contributed by atoms with van der Waals surface area (Å²) in [5.74, 6) is 0.961. The first-order valence-electron chi connectivity index (χ1n) is 7.94. The largest absolute Gasteiger partial charge is 0.493 e. The van der Waals surface area contributed by atoms with Crippen LogP contribution in [0.15, 0.2) is 23.1 Å². The summed E-state index contributed by atoms with van der Waals surface area (Å²) in [4.78, 5) is 0.260. The molecule has 2 heterocycles. The van der Waals surface area contributed by atoms with Gasteiger partial charge in [0.05, 0.1) is 19.1 Å². The van der Waals surface area contributed by atoms with Crippen LogP contribution in [-0.4, -0.2) is 53.1 Å². The second kappa shape index (κ2) is 6.30. The topological polar surface area (TPSA) is 67.9 Å². The standard InChI is InChI=1S/C16H24N2O4S/c1-21-14-5-4-13(10-15(14)22-2)23(19,20)18-9-7-16(12-18)6-3-8-17-11-16/h4-5,10,17H,3,6-9,11-12H2,1-2H3. The van der Waals surface area contributed by atoms with Crippen LogP contribution in [0.3, 0.4) is 0 Å². The summed E-state index contributed by atoms with van der Waals surface area (Å²) in [5.41, 5.74) is 0.0991. The fourth-order valence-corrected chi connectivity index (χ4v) is 5.17. The average Bonchev–Trinajstić information content (AvgIpc) is 2.99. The Morgan fingerprint density at radius 2 is 1.96 bits per heavy atom. The molecule has 0 aliphatic carbocycles. The van der Waals surface area contributed by atoms with E-state index < -0.39 is 10.0 Å². The van der Waals surface area contributed by atoms with E-state index in [9.17, 15) is 8.42 Å². The van der Waals surface area contributed by atoms with Crippen molar-refractivity contribution in [3.63, 3.8) is 0 Å². The van der Waals surface area contributed by atoms with Crippen LogP contribution < -0.4 is 14.8 Å². The molecule has 23 heavy (non-hydrogen) atoms. The van der Waals surface area contributed by atoms with Crippen LogP contribution in [0.5, 0.6) is 11.5 Å². The van der Waals surface area contributed by atoms with Gasteiger partial charge < -0.3 is 14.8 Å². The molecule has 1 N–H and O–H groups in total. The summed E-state index contributed by atoms with van der Waals surface area (Å²) >= 11 is 0. The van der Waals surface area contributed by atoms with Crippen LogP contribution in [0.1, 0.15) is 19.3 Å². The quantitative estimate of drug-likeness (QED) is 0.899. The van der Waals surface area contributed by atoms with Crippen LogP contribution in [0.2, 0.25) is 0 Å². The number of sulfonamides is 1. The number of methoxy groups -OCH3 is 2. The van der Waals surface area contributed by atoms with E-state index in [4.69, 9.17) is 9.47 Å². The molecule has 2 aliphatic rings. The molecule has 0 bridgehead atoms. The smallest absolute Gasteiger partial charge is 0.243 e. The molecule has 1 unspecified atom stereocenters. The first kappa shape index (κ1) is 16.5. The van der Waals surface area contributed by atoms with Crippen molar-refractivity contribution in [2.24, 2.45) is 5.41 Å². The predicted octanol–water partition coefficient (Wildman–Crippen LogP) is 1.47. The lowest BCUT2D eigenvalue weighted by molar-refractivity contribution is 0.224. The molecule has 6 nitrogen and oxygen atoms in total. The van der Waals surface area contributed by atoms with Gasteiger partial charge in [0.15, 0.2) is 11.5 Å². The molecule has 0 radical (unpaired) electrons. The van der Waals surface area contributed by atoms with Crippen molar-refractivity contribution >= 4 is 10.0 Å². The van der Waals surface area contributed by atoms with E-state index in [1.807, 2.05) is 0 Å². The molecule has 3 rings (SSSR count). The predicted molar refractivity (Wildman–Crippen MR) is 87.5 cm³/mol. The zero-order valence-corrected chi connectivity index (χ0v) is 14.5.